The number of benzene rings is 2. The van der Waals surface area contributed by atoms with Gasteiger partial charge in [-0.3, -0.25) is 9.59 Å². The second-order valence-electron chi connectivity index (χ2n) is 7.13. The largest absolute Gasteiger partial charge is 0.349 e. The fraction of sp³-hybridized carbons (Fsp3) is 0.286. The van der Waals surface area contributed by atoms with E-state index in [0.29, 0.717) is 11.3 Å². The molecular weight excluding hydrogens is 359 g/mol. The van der Waals surface area contributed by atoms with Gasteiger partial charge in [-0.25, -0.2) is 9.37 Å². The minimum absolute atomic E-state index is 0.115. The summed E-state index contributed by atoms with van der Waals surface area (Å²) in [5.41, 5.74) is 2.87. The summed E-state index contributed by atoms with van der Waals surface area (Å²) in [7, 11) is 1.91. The second-order valence-corrected chi connectivity index (χ2v) is 7.13. The van der Waals surface area contributed by atoms with Crippen molar-refractivity contribution in [1.29, 1.82) is 0 Å². The molecule has 2 amide bonds. The molecule has 7 heteroatoms. The van der Waals surface area contributed by atoms with Gasteiger partial charge in [-0.15, -0.1) is 0 Å². The van der Waals surface area contributed by atoms with Gasteiger partial charge in [-0.1, -0.05) is 18.2 Å². The quantitative estimate of drug-likeness (QED) is 0.757. The predicted octanol–water partition coefficient (Wildman–Crippen LogP) is 2.69. The van der Waals surface area contributed by atoms with Gasteiger partial charge >= 0.3 is 0 Å². The van der Waals surface area contributed by atoms with Crippen LogP contribution in [0.25, 0.3) is 11.0 Å². The first kappa shape index (κ1) is 18.2. The van der Waals surface area contributed by atoms with Gasteiger partial charge in [0.15, 0.2) is 0 Å². The Kier molecular flexibility index (Phi) is 4.58. The molecule has 1 fully saturated rings. The van der Waals surface area contributed by atoms with Crippen molar-refractivity contribution in [2.45, 2.75) is 19.9 Å². The highest BCUT2D eigenvalue weighted by Gasteiger charge is 2.35. The highest BCUT2D eigenvalue weighted by Crippen LogP contribution is 2.26. The van der Waals surface area contributed by atoms with Crippen molar-refractivity contribution in [3.63, 3.8) is 0 Å². The van der Waals surface area contributed by atoms with Gasteiger partial charge in [0.25, 0.3) is 0 Å². The normalized spacial score (nSPS) is 16.8. The van der Waals surface area contributed by atoms with Crippen LogP contribution in [0.1, 0.15) is 17.8 Å². The lowest BCUT2D eigenvalue weighted by molar-refractivity contribution is -0.126. The first-order chi connectivity index (χ1) is 13.4. The molecule has 1 N–H and O–H groups in total. The van der Waals surface area contributed by atoms with Crippen LogP contribution in [0.4, 0.5) is 10.1 Å². The van der Waals surface area contributed by atoms with Crippen LogP contribution < -0.4 is 10.2 Å². The van der Waals surface area contributed by atoms with Gasteiger partial charge in [0.1, 0.15) is 11.6 Å². The van der Waals surface area contributed by atoms with E-state index in [1.807, 2.05) is 35.9 Å². The molecule has 1 aliphatic rings. The van der Waals surface area contributed by atoms with E-state index in [1.54, 1.807) is 19.1 Å². The third-order valence-corrected chi connectivity index (χ3v) is 5.26. The van der Waals surface area contributed by atoms with Crippen molar-refractivity contribution < 1.29 is 14.0 Å². The summed E-state index contributed by atoms with van der Waals surface area (Å²) < 4.78 is 15.8. The molecule has 1 aliphatic heterocycles. The van der Waals surface area contributed by atoms with Crippen molar-refractivity contribution in [2.75, 3.05) is 11.4 Å². The zero-order valence-corrected chi connectivity index (χ0v) is 15.8. The van der Waals surface area contributed by atoms with Crippen LogP contribution in [0, 0.1) is 18.7 Å². The number of hydrogen-bond acceptors (Lipinski definition) is 3. The summed E-state index contributed by atoms with van der Waals surface area (Å²) in [6, 6.07) is 12.4. The average Bonchev–Trinajstić information content (AvgIpc) is 3.23. The van der Waals surface area contributed by atoms with E-state index in [-0.39, 0.29) is 37.1 Å². The van der Waals surface area contributed by atoms with E-state index >= 15 is 0 Å². The maximum Gasteiger partial charge on any atom is 0.227 e. The lowest BCUT2D eigenvalue weighted by atomic mass is 10.1. The number of halogens is 1. The molecule has 0 radical (unpaired) electrons. The van der Waals surface area contributed by atoms with Crippen LogP contribution in [0.2, 0.25) is 0 Å². The van der Waals surface area contributed by atoms with E-state index in [1.165, 1.54) is 11.0 Å². The molecule has 144 valence electrons. The number of aromatic nitrogens is 2. The van der Waals surface area contributed by atoms with Crippen molar-refractivity contribution in [1.82, 2.24) is 14.9 Å². The zero-order chi connectivity index (χ0) is 19.8. The summed E-state index contributed by atoms with van der Waals surface area (Å²) in [6.45, 7) is 2.20. The topological polar surface area (TPSA) is 67.2 Å². The maximum atomic E-state index is 13.8. The molecule has 1 unspecified atom stereocenters. The molecule has 1 saturated heterocycles. The van der Waals surface area contributed by atoms with E-state index in [2.05, 4.69) is 10.3 Å². The number of para-hydroxylation sites is 2. The summed E-state index contributed by atoms with van der Waals surface area (Å²) in [5, 5.41) is 2.88. The molecule has 2 aromatic carbocycles. The Bertz CT molecular complexity index is 1080. The van der Waals surface area contributed by atoms with Gasteiger partial charge in [-0.2, -0.15) is 0 Å². The molecule has 2 heterocycles. The summed E-state index contributed by atoms with van der Waals surface area (Å²) in [5.74, 6) is -0.454. The molecule has 6 nitrogen and oxygen atoms in total. The highest BCUT2D eigenvalue weighted by molar-refractivity contribution is 6.00. The number of nitrogens with zero attached hydrogens (tertiary/aromatic N) is 3. The third kappa shape index (κ3) is 3.24. The first-order valence-electron chi connectivity index (χ1n) is 9.18. The summed E-state index contributed by atoms with van der Waals surface area (Å²) >= 11 is 0. The molecular formula is C21H21FN4O2. The van der Waals surface area contributed by atoms with E-state index in [9.17, 15) is 14.0 Å². The van der Waals surface area contributed by atoms with E-state index in [4.69, 9.17) is 0 Å². The Morgan fingerprint density at radius 2 is 2.07 bits per heavy atom. The molecule has 1 atom stereocenters. The van der Waals surface area contributed by atoms with Crippen molar-refractivity contribution in [3.8, 4) is 0 Å². The predicted molar refractivity (Wildman–Crippen MR) is 104 cm³/mol. The number of carbonyl (C=O) groups excluding carboxylic acids is 2. The van der Waals surface area contributed by atoms with Crippen molar-refractivity contribution >= 4 is 28.5 Å². The standard InChI is InChI=1S/C21H21FN4O2/c1-13-7-8-15(10-16(13)22)26-12-14(9-20(26)27)21(28)23-11-19-24-17-5-3-4-6-18(17)25(19)2/h3-8,10,14H,9,11-12H2,1-2H3,(H,23,28). The van der Waals surface area contributed by atoms with Gasteiger partial charge in [-0.05, 0) is 36.8 Å². The second kappa shape index (κ2) is 7.07. The fourth-order valence-corrected chi connectivity index (χ4v) is 3.55. The number of anilines is 1. The highest BCUT2D eigenvalue weighted by atomic mass is 19.1. The number of aryl methyl sites for hydroxylation is 2. The number of rotatable bonds is 4. The van der Waals surface area contributed by atoms with Gasteiger partial charge in [0.2, 0.25) is 11.8 Å². The Hall–Kier alpha value is -3.22. The van der Waals surface area contributed by atoms with Crippen LogP contribution in [-0.4, -0.2) is 27.9 Å². The smallest absolute Gasteiger partial charge is 0.227 e. The van der Waals surface area contributed by atoms with E-state index < -0.39 is 5.92 Å². The monoisotopic (exact) mass is 380 g/mol. The molecule has 0 aliphatic carbocycles. The summed E-state index contributed by atoms with van der Waals surface area (Å²) in [6.07, 6.45) is 0.115. The molecule has 3 aromatic rings. The van der Waals surface area contributed by atoms with Gasteiger partial charge in [0.05, 0.1) is 23.5 Å². The number of hydrogen-bond donors (Lipinski definition) is 1. The van der Waals surface area contributed by atoms with Gasteiger partial charge < -0.3 is 14.8 Å². The maximum absolute atomic E-state index is 13.8. The first-order valence-corrected chi connectivity index (χ1v) is 9.18. The number of carbonyl (C=O) groups is 2. The average molecular weight is 380 g/mol. The van der Waals surface area contributed by atoms with Crippen molar-refractivity contribution in [3.05, 3.63) is 59.7 Å². The Labute approximate surface area is 162 Å². The lowest BCUT2D eigenvalue weighted by Gasteiger charge is -2.17. The lowest BCUT2D eigenvalue weighted by Crippen LogP contribution is -2.33. The number of nitrogens with one attached hydrogen (secondary N) is 1. The Morgan fingerprint density at radius 3 is 2.82 bits per heavy atom. The molecule has 0 spiro atoms. The fourth-order valence-electron chi connectivity index (χ4n) is 3.55. The summed E-state index contributed by atoms with van der Waals surface area (Å²) in [4.78, 5) is 30.9. The SMILES string of the molecule is Cc1ccc(N2CC(C(=O)NCc3nc4ccccc4n3C)CC2=O)cc1F. The van der Waals surface area contributed by atoms with Crippen molar-refractivity contribution in [2.24, 2.45) is 13.0 Å². The van der Waals surface area contributed by atoms with E-state index in [0.717, 1.165) is 16.9 Å². The van der Waals surface area contributed by atoms with Gasteiger partial charge in [0, 0.05) is 25.7 Å². The Morgan fingerprint density at radius 1 is 1.29 bits per heavy atom. The van der Waals surface area contributed by atoms with Crippen LogP contribution in [0.3, 0.4) is 0 Å². The molecule has 0 saturated carbocycles. The van der Waals surface area contributed by atoms with Crippen LogP contribution in [-0.2, 0) is 23.2 Å². The van der Waals surface area contributed by atoms with Crippen LogP contribution >= 0.6 is 0 Å². The third-order valence-electron chi connectivity index (χ3n) is 5.26. The molecule has 0 bridgehead atoms. The minimum atomic E-state index is -0.466. The number of imidazole rings is 1. The Balaban J connectivity index is 1.43. The molecule has 1 aromatic heterocycles. The minimum Gasteiger partial charge on any atom is -0.349 e. The van der Waals surface area contributed by atoms with Crippen LogP contribution in [0.5, 0.6) is 0 Å². The molecule has 4 rings (SSSR count). The van der Waals surface area contributed by atoms with Crippen LogP contribution in [0.15, 0.2) is 42.5 Å². The number of fused-ring (bicyclic) bond motifs is 1. The zero-order valence-electron chi connectivity index (χ0n) is 15.8. The number of amides is 2. The molecule has 28 heavy (non-hydrogen) atoms.